The summed E-state index contributed by atoms with van der Waals surface area (Å²) in [4.78, 5) is 28.9. The number of methoxy groups -OCH3 is 1. The first-order chi connectivity index (χ1) is 38.6. The second kappa shape index (κ2) is 28.6. The van der Waals surface area contributed by atoms with Gasteiger partial charge in [0, 0.05) is 61.8 Å². The molecule has 0 bridgehead atoms. The number of aromatic nitrogens is 1. The van der Waals surface area contributed by atoms with E-state index in [4.69, 9.17) is 61.7 Å². The number of para-hydroxylation sites is 1. The average molecular weight is 1200 g/mol. The predicted octanol–water partition coefficient (Wildman–Crippen LogP) is 11.7. The first-order valence-corrected chi connectivity index (χ1v) is 37.9. The molecule has 83 heavy (non-hydrogen) atoms. The van der Waals surface area contributed by atoms with Crippen molar-refractivity contribution < 1.29 is 66.6 Å². The van der Waals surface area contributed by atoms with Crippen LogP contribution in [0.15, 0.2) is 47.8 Å². The number of pyridine rings is 1. The minimum absolute atomic E-state index is 0.0813. The first-order valence-electron chi connectivity index (χ1n) is 31.0. The van der Waals surface area contributed by atoms with Gasteiger partial charge in [0.15, 0.2) is 29.2 Å². The Morgan fingerprint density at radius 1 is 0.867 bits per heavy atom. The number of benzene rings is 1. The van der Waals surface area contributed by atoms with Crippen LogP contribution in [-0.2, 0) is 56.4 Å². The number of rotatable bonds is 19. The van der Waals surface area contributed by atoms with Gasteiger partial charge >= 0.3 is 5.97 Å². The van der Waals surface area contributed by atoms with E-state index in [1.807, 2.05) is 98.0 Å². The molecule has 3 aliphatic heterocycles. The fourth-order valence-corrected chi connectivity index (χ4v) is 15.6. The van der Waals surface area contributed by atoms with E-state index < -0.39 is 124 Å². The summed E-state index contributed by atoms with van der Waals surface area (Å²) in [5, 5.41) is 31.5. The third-order valence-corrected chi connectivity index (χ3v) is 19.5. The summed E-state index contributed by atoms with van der Waals surface area (Å²) >= 11 is 0. The number of hydrogen-bond acceptors (Lipinski definition) is 17. The lowest BCUT2D eigenvalue weighted by Crippen LogP contribution is -2.63. The number of fused-ring (bicyclic) bond motifs is 1. The van der Waals surface area contributed by atoms with Gasteiger partial charge in [-0.2, -0.15) is 0 Å². The van der Waals surface area contributed by atoms with Crippen LogP contribution < -0.4 is 0 Å². The number of aliphatic hydroxyl groups excluding tert-OH is 1. The van der Waals surface area contributed by atoms with Gasteiger partial charge in [-0.25, -0.2) is 0 Å². The Morgan fingerprint density at radius 2 is 1.53 bits per heavy atom. The van der Waals surface area contributed by atoms with Crippen molar-refractivity contribution in [2.24, 2.45) is 28.8 Å². The average Bonchev–Trinajstić information content (AvgIpc) is 3.45. The summed E-state index contributed by atoms with van der Waals surface area (Å²) < 4.78 is 69.8. The molecule has 4 aliphatic rings. The molecule has 2 unspecified atom stereocenters. The Bertz CT molecular complexity index is 2450. The minimum atomic E-state index is -2.29. The van der Waals surface area contributed by atoms with Crippen LogP contribution >= 0.6 is 0 Å². The number of likely N-dealkylation sites (N-methyl/N-ethyl adjacent to an activating group) is 1. The van der Waals surface area contributed by atoms with E-state index >= 15 is 4.79 Å². The Morgan fingerprint density at radius 3 is 2.14 bits per heavy atom. The van der Waals surface area contributed by atoms with Crippen molar-refractivity contribution in [1.82, 2.24) is 9.88 Å². The van der Waals surface area contributed by atoms with Gasteiger partial charge in [0.2, 0.25) is 5.79 Å². The van der Waals surface area contributed by atoms with Gasteiger partial charge < -0.3 is 66.7 Å². The Balaban J connectivity index is 1.59. The highest BCUT2D eigenvalue weighted by Gasteiger charge is 2.56. The summed E-state index contributed by atoms with van der Waals surface area (Å²) in [6.45, 7) is 36.2. The van der Waals surface area contributed by atoms with Gasteiger partial charge in [0.1, 0.15) is 17.8 Å². The van der Waals surface area contributed by atoms with Crippen molar-refractivity contribution >= 4 is 45.3 Å². The van der Waals surface area contributed by atoms with Gasteiger partial charge in [-0.05, 0) is 159 Å². The summed E-state index contributed by atoms with van der Waals surface area (Å²) in [6, 6.07) is 10.0. The maximum atomic E-state index is 15.3. The van der Waals surface area contributed by atoms with Crippen molar-refractivity contribution in [2.45, 2.75) is 276 Å². The fourth-order valence-electron chi connectivity index (χ4n) is 13.3. The van der Waals surface area contributed by atoms with Crippen LogP contribution in [0.25, 0.3) is 17.0 Å². The van der Waals surface area contributed by atoms with Crippen LogP contribution in [0.4, 0.5) is 0 Å². The quantitative estimate of drug-likeness (QED) is 0.0585. The number of oxime groups is 1. The number of ether oxygens (including phenoxy) is 8. The number of cyclic esters (lactones) is 1. The molecule has 1 saturated carbocycles. The van der Waals surface area contributed by atoms with E-state index in [0.717, 1.165) is 35.7 Å². The second-order valence-electron chi connectivity index (χ2n) is 27.9. The summed E-state index contributed by atoms with van der Waals surface area (Å²) in [5.41, 5.74) is -1.82. The number of nitrogens with zero attached hydrogens (tertiary/aromatic N) is 3. The van der Waals surface area contributed by atoms with E-state index in [2.05, 4.69) is 78.2 Å². The maximum Gasteiger partial charge on any atom is 0.311 e. The Kier molecular flexibility index (Phi) is 23.9. The highest BCUT2D eigenvalue weighted by atomic mass is 28.4. The summed E-state index contributed by atoms with van der Waals surface area (Å²) in [6.07, 6.45) is 3.23. The van der Waals surface area contributed by atoms with Gasteiger partial charge in [-0.15, -0.1) is 0 Å². The minimum Gasteiger partial charge on any atom is -0.459 e. The van der Waals surface area contributed by atoms with E-state index in [1.165, 1.54) is 6.92 Å². The van der Waals surface area contributed by atoms with Gasteiger partial charge in [0.25, 0.3) is 0 Å². The predicted molar refractivity (Wildman–Crippen MR) is 331 cm³/mol. The van der Waals surface area contributed by atoms with E-state index in [9.17, 15) is 10.2 Å². The van der Waals surface area contributed by atoms with Crippen LogP contribution in [0.1, 0.15) is 146 Å². The lowest BCUT2D eigenvalue weighted by Gasteiger charge is -2.52. The molecule has 4 fully saturated rings. The standard InChI is InChI=1S/C64H109N3O14Si2/c1-22-51-63(12,70)56(68)43(6)53(66-81-64(78-40(2)3)32-26-23-27-33-64)41(4)37-62(11,72-34-28-29-47-36-48-30-24-25-31-49(48)65-39-47)57(77-60-55(79-82(16,17)18)50(67(13)14)35-42(5)73-60)44(7)54(45(8)59(69)75-51)76-52-38-61(10,71-15)58(46(9)74-52)80-83(19,20)21/h24-25,28-31,36,39-46,50-52,54-58,60,68,70H,22-23,26-27,32-35,37-38H2,1-21H3/b29-28+,66-53?/t41-,42+,43+,44-,45+,46-,50-,51-,52?,54-,55+,56+,57+,58-,60?,61+,62-,63+/m0/s1. The third-order valence-electron chi connectivity index (χ3n) is 17.6. The molecule has 1 aliphatic carbocycles. The third kappa shape index (κ3) is 17.8. The molecule has 2 aromatic rings. The van der Waals surface area contributed by atoms with Crippen LogP contribution in [-0.4, -0.2) is 172 Å². The smallest absolute Gasteiger partial charge is 0.311 e. The Labute approximate surface area is 500 Å². The molecule has 19 heteroatoms. The summed E-state index contributed by atoms with van der Waals surface area (Å²) in [5.74, 6) is -4.70. The fraction of sp³-hybridized carbons (Fsp3) is 0.797. The van der Waals surface area contributed by atoms with Crippen molar-refractivity contribution in [2.75, 3.05) is 27.8 Å². The molecule has 1 aromatic heterocycles. The highest BCUT2D eigenvalue weighted by molar-refractivity contribution is 6.70. The molecule has 4 heterocycles. The molecule has 2 N–H and O–H groups in total. The molecule has 6 rings (SSSR count). The topological polar surface area (TPSA) is 188 Å². The zero-order chi connectivity index (χ0) is 61.6. The Hall–Kier alpha value is -2.74. The molecular weight excluding hydrogens is 1090 g/mol. The van der Waals surface area contributed by atoms with Crippen molar-refractivity contribution in [1.29, 1.82) is 0 Å². The van der Waals surface area contributed by atoms with E-state index in [-0.39, 0.29) is 44.1 Å². The van der Waals surface area contributed by atoms with Crippen LogP contribution in [0.5, 0.6) is 0 Å². The molecular formula is C64H109N3O14Si2. The van der Waals surface area contributed by atoms with Gasteiger partial charge in [-0.1, -0.05) is 69.6 Å². The molecule has 17 nitrogen and oxygen atoms in total. The van der Waals surface area contributed by atoms with Crippen LogP contribution in [0, 0.1) is 23.7 Å². The molecule has 1 aromatic carbocycles. The number of aliphatic hydroxyl groups is 2. The largest absolute Gasteiger partial charge is 0.459 e. The van der Waals surface area contributed by atoms with Crippen molar-refractivity contribution in [3.8, 4) is 0 Å². The SMILES string of the molecule is CC[C@@H]1OC(=O)[C@H](C)[C@@H](OC2C[C@@](C)(OC)[C@@H](O[Si](C)(C)C)[C@H](C)O2)[C@H](C)[C@@H](OC2O[C@H](C)C[C@H](N(C)C)[C@H]2O[Si](C)(C)C)[C@@](C)(OC/C=C/c2cnc3ccccc3c2)C[C@H](C)C(=NOC2(OC(C)C)CCCCC2)[C@@H](C)[C@@H](O)[C@]1(C)O. The molecule has 18 atom stereocenters. The number of carbonyl (C=O) groups is 1. The number of carbonyl (C=O) groups excluding carboxylic acids is 1. The number of hydrogen-bond donors (Lipinski definition) is 2. The van der Waals surface area contributed by atoms with E-state index in [1.54, 1.807) is 14.0 Å². The second-order valence-corrected chi connectivity index (χ2v) is 36.8. The van der Waals surface area contributed by atoms with E-state index in [0.29, 0.717) is 25.0 Å². The zero-order valence-corrected chi connectivity index (χ0v) is 56.6. The van der Waals surface area contributed by atoms with Crippen molar-refractivity contribution in [3.63, 3.8) is 0 Å². The van der Waals surface area contributed by atoms with Crippen LogP contribution in [0.3, 0.4) is 0 Å². The molecule has 0 spiro atoms. The van der Waals surface area contributed by atoms with Crippen molar-refractivity contribution in [3.05, 3.63) is 48.2 Å². The lowest BCUT2D eigenvalue weighted by molar-refractivity contribution is -0.317. The first kappa shape index (κ1) is 69.4. The number of esters is 1. The maximum absolute atomic E-state index is 15.3. The van der Waals surface area contributed by atoms with Gasteiger partial charge in [-0.3, -0.25) is 9.78 Å². The monoisotopic (exact) mass is 1200 g/mol. The zero-order valence-electron chi connectivity index (χ0n) is 54.6. The van der Waals surface area contributed by atoms with Gasteiger partial charge in [0.05, 0.1) is 77.7 Å². The molecule has 472 valence electrons. The lowest BCUT2D eigenvalue weighted by atomic mass is 9.73. The normalized spacial score (nSPS) is 38.0. The molecule has 3 saturated heterocycles. The highest BCUT2D eigenvalue weighted by Crippen LogP contribution is 2.44. The molecule has 0 radical (unpaired) electrons. The molecule has 0 amide bonds. The summed E-state index contributed by atoms with van der Waals surface area (Å²) in [7, 11) is 1.42. The van der Waals surface area contributed by atoms with Crippen LogP contribution in [0.2, 0.25) is 39.3 Å².